The number of para-hydroxylation sites is 1. The molecule has 0 aliphatic carbocycles. The molecule has 3 N–H and O–H groups in total. The van der Waals surface area contributed by atoms with Crippen LogP contribution in [0.5, 0.6) is 11.5 Å². The van der Waals surface area contributed by atoms with E-state index in [4.69, 9.17) is 0 Å². The third-order valence-electron chi connectivity index (χ3n) is 3.13. The number of phenols is 2. The first kappa shape index (κ1) is 14.3. The molecule has 0 bridgehead atoms. The molecule has 0 aliphatic heterocycles. The molecule has 20 heavy (non-hydrogen) atoms. The molecule has 0 aromatic heterocycles. The van der Waals surface area contributed by atoms with Gasteiger partial charge in [0.15, 0.2) is 11.5 Å². The molecule has 5 heteroatoms. The van der Waals surface area contributed by atoms with Crippen LogP contribution in [0.4, 0.5) is 8.78 Å². The Morgan fingerprint density at radius 3 is 2.60 bits per heavy atom. The maximum Gasteiger partial charge on any atom is 0.161 e. The summed E-state index contributed by atoms with van der Waals surface area (Å²) in [5, 5.41) is 22.0. The summed E-state index contributed by atoms with van der Waals surface area (Å²) < 4.78 is 26.4. The first-order valence-electron chi connectivity index (χ1n) is 6.17. The van der Waals surface area contributed by atoms with Crippen LogP contribution in [-0.4, -0.2) is 10.2 Å². The Hall–Kier alpha value is -2.14. The first-order chi connectivity index (χ1) is 9.49. The van der Waals surface area contributed by atoms with Crippen molar-refractivity contribution in [2.45, 2.75) is 19.5 Å². The Morgan fingerprint density at radius 2 is 1.90 bits per heavy atom. The van der Waals surface area contributed by atoms with Crippen LogP contribution in [0, 0.1) is 11.6 Å². The zero-order valence-electron chi connectivity index (χ0n) is 10.9. The first-order valence-corrected chi connectivity index (χ1v) is 6.17. The highest BCUT2D eigenvalue weighted by molar-refractivity contribution is 5.44. The van der Waals surface area contributed by atoms with Gasteiger partial charge in [-0.05, 0) is 19.1 Å². The quantitative estimate of drug-likeness (QED) is 0.753. The molecule has 106 valence electrons. The number of hydrogen-bond donors (Lipinski definition) is 3. The highest BCUT2D eigenvalue weighted by atomic mass is 19.1. The summed E-state index contributed by atoms with van der Waals surface area (Å²) in [6.45, 7) is 1.98. The van der Waals surface area contributed by atoms with Gasteiger partial charge in [0.2, 0.25) is 0 Å². The van der Waals surface area contributed by atoms with E-state index in [-0.39, 0.29) is 24.1 Å². The predicted molar refractivity (Wildman–Crippen MR) is 71.4 cm³/mol. The number of hydrogen-bond acceptors (Lipinski definition) is 3. The Balaban J connectivity index is 2.08. The van der Waals surface area contributed by atoms with Gasteiger partial charge in [0.05, 0.1) is 0 Å². The van der Waals surface area contributed by atoms with Gasteiger partial charge in [0.1, 0.15) is 11.6 Å². The van der Waals surface area contributed by atoms with Crippen molar-refractivity contribution >= 4 is 0 Å². The van der Waals surface area contributed by atoms with Gasteiger partial charge >= 0.3 is 0 Å². The van der Waals surface area contributed by atoms with E-state index < -0.39 is 11.6 Å². The van der Waals surface area contributed by atoms with Crippen molar-refractivity contribution in [1.29, 1.82) is 0 Å². The molecule has 2 rings (SSSR count). The molecule has 0 fully saturated rings. The number of rotatable bonds is 4. The van der Waals surface area contributed by atoms with Gasteiger partial charge in [-0.1, -0.05) is 18.2 Å². The predicted octanol–water partition coefficient (Wildman–Crippen LogP) is 3.23. The summed E-state index contributed by atoms with van der Waals surface area (Å²) >= 11 is 0. The van der Waals surface area contributed by atoms with Crippen LogP contribution in [0.25, 0.3) is 0 Å². The van der Waals surface area contributed by atoms with Gasteiger partial charge in [-0.25, -0.2) is 8.78 Å². The fraction of sp³-hybridized carbons (Fsp3) is 0.200. The van der Waals surface area contributed by atoms with Crippen LogP contribution in [0.2, 0.25) is 0 Å². The van der Waals surface area contributed by atoms with E-state index in [1.807, 2.05) is 0 Å². The molecular weight excluding hydrogens is 264 g/mol. The van der Waals surface area contributed by atoms with Crippen molar-refractivity contribution in [1.82, 2.24) is 5.32 Å². The van der Waals surface area contributed by atoms with Crippen LogP contribution in [0.15, 0.2) is 36.4 Å². The molecule has 0 saturated heterocycles. The average molecular weight is 279 g/mol. The molecule has 1 unspecified atom stereocenters. The summed E-state index contributed by atoms with van der Waals surface area (Å²) in [7, 11) is 0. The lowest BCUT2D eigenvalue weighted by molar-refractivity contribution is 0.396. The van der Waals surface area contributed by atoms with Gasteiger partial charge in [-0.3, -0.25) is 0 Å². The minimum absolute atomic E-state index is 0.202. The topological polar surface area (TPSA) is 52.5 Å². The summed E-state index contributed by atoms with van der Waals surface area (Å²) in [5.41, 5.74) is 0.838. The third-order valence-corrected chi connectivity index (χ3v) is 3.13. The molecule has 0 amide bonds. The Bertz CT molecular complexity index is 617. The van der Waals surface area contributed by atoms with E-state index >= 15 is 0 Å². The molecule has 0 saturated carbocycles. The van der Waals surface area contributed by atoms with Gasteiger partial charge in [0.25, 0.3) is 0 Å². The van der Waals surface area contributed by atoms with Crippen molar-refractivity contribution in [3.8, 4) is 11.5 Å². The lowest BCUT2D eigenvalue weighted by Crippen LogP contribution is -2.19. The van der Waals surface area contributed by atoms with Crippen molar-refractivity contribution in [3.05, 3.63) is 59.2 Å². The second-order valence-corrected chi connectivity index (χ2v) is 4.55. The van der Waals surface area contributed by atoms with Crippen LogP contribution in [0.3, 0.4) is 0 Å². The molecule has 0 radical (unpaired) electrons. The van der Waals surface area contributed by atoms with Crippen molar-refractivity contribution < 1.29 is 19.0 Å². The maximum absolute atomic E-state index is 13.6. The molecular formula is C15H15F2NO2. The maximum atomic E-state index is 13.6. The largest absolute Gasteiger partial charge is 0.504 e. The molecule has 1 atom stereocenters. The lowest BCUT2D eigenvalue weighted by atomic mass is 10.1. The number of nitrogens with one attached hydrogen (secondary N) is 1. The van der Waals surface area contributed by atoms with Crippen LogP contribution in [-0.2, 0) is 6.54 Å². The molecule has 2 aromatic carbocycles. The molecule has 0 aliphatic rings. The highest BCUT2D eigenvalue weighted by Crippen LogP contribution is 2.28. The second-order valence-electron chi connectivity index (χ2n) is 4.55. The number of aromatic hydroxyl groups is 2. The fourth-order valence-corrected chi connectivity index (χ4v) is 1.95. The Morgan fingerprint density at radius 1 is 1.15 bits per heavy atom. The number of phenolic OH excluding ortho intramolecular Hbond substituents is 2. The highest BCUT2D eigenvalue weighted by Gasteiger charge is 2.12. The normalized spacial score (nSPS) is 12.3. The van der Waals surface area contributed by atoms with Gasteiger partial charge in [0, 0.05) is 29.8 Å². The minimum Gasteiger partial charge on any atom is -0.504 e. The summed E-state index contributed by atoms with van der Waals surface area (Å²) in [5.74, 6) is -1.65. The van der Waals surface area contributed by atoms with E-state index in [1.54, 1.807) is 19.1 Å². The van der Waals surface area contributed by atoms with E-state index in [9.17, 15) is 19.0 Å². The van der Waals surface area contributed by atoms with Crippen LogP contribution in [0.1, 0.15) is 24.1 Å². The van der Waals surface area contributed by atoms with E-state index in [2.05, 4.69) is 5.32 Å². The number of halogens is 2. The lowest BCUT2D eigenvalue weighted by Gasteiger charge is -2.16. The van der Waals surface area contributed by atoms with Crippen LogP contribution < -0.4 is 5.32 Å². The molecule has 3 nitrogen and oxygen atoms in total. The number of benzene rings is 2. The van der Waals surface area contributed by atoms with E-state index in [0.717, 1.165) is 6.07 Å². The van der Waals surface area contributed by atoms with Crippen molar-refractivity contribution in [2.24, 2.45) is 0 Å². The third kappa shape index (κ3) is 3.05. The Kier molecular flexibility index (Phi) is 4.20. The second kappa shape index (κ2) is 5.88. The monoisotopic (exact) mass is 279 g/mol. The summed E-state index contributed by atoms with van der Waals surface area (Å²) in [4.78, 5) is 0. The molecule has 0 heterocycles. The zero-order chi connectivity index (χ0) is 14.7. The average Bonchev–Trinajstić information content (AvgIpc) is 2.40. The molecule has 0 spiro atoms. The molecule has 2 aromatic rings. The van der Waals surface area contributed by atoms with E-state index in [1.165, 1.54) is 18.2 Å². The zero-order valence-corrected chi connectivity index (χ0v) is 10.9. The summed E-state index contributed by atoms with van der Waals surface area (Å²) in [6, 6.07) is 7.68. The van der Waals surface area contributed by atoms with E-state index in [0.29, 0.717) is 11.1 Å². The van der Waals surface area contributed by atoms with Gasteiger partial charge in [-0.15, -0.1) is 0 Å². The van der Waals surface area contributed by atoms with Crippen LogP contribution >= 0.6 is 0 Å². The van der Waals surface area contributed by atoms with Crippen molar-refractivity contribution in [3.63, 3.8) is 0 Å². The van der Waals surface area contributed by atoms with Gasteiger partial charge < -0.3 is 15.5 Å². The smallest absolute Gasteiger partial charge is 0.161 e. The van der Waals surface area contributed by atoms with Gasteiger partial charge in [-0.2, -0.15) is 0 Å². The fourth-order valence-electron chi connectivity index (χ4n) is 1.95. The summed E-state index contributed by atoms with van der Waals surface area (Å²) in [6.07, 6.45) is 0. The SMILES string of the molecule is CC(NCc1cccc(O)c1O)c1ccc(F)cc1F. The Labute approximate surface area is 115 Å². The standard InChI is InChI=1S/C15H15F2NO2/c1-9(12-6-5-11(16)7-13(12)17)18-8-10-3-2-4-14(19)15(10)20/h2-7,9,18-20H,8H2,1H3. The van der Waals surface area contributed by atoms with Crippen molar-refractivity contribution in [2.75, 3.05) is 0 Å². The minimum atomic E-state index is -0.621.